The molecule has 2 N–H and O–H groups in total. The van der Waals surface area contributed by atoms with Crippen molar-refractivity contribution >= 4 is 34.6 Å². The van der Waals surface area contributed by atoms with Crippen molar-refractivity contribution in [3.8, 4) is 0 Å². The summed E-state index contributed by atoms with van der Waals surface area (Å²) in [7, 11) is 1.86. The lowest BCUT2D eigenvalue weighted by atomic mass is 10.1. The van der Waals surface area contributed by atoms with Crippen molar-refractivity contribution in [1.82, 2.24) is 0 Å². The van der Waals surface area contributed by atoms with Crippen LogP contribution < -0.4 is 10.6 Å². The van der Waals surface area contributed by atoms with Gasteiger partial charge < -0.3 is 10.6 Å². The zero-order chi connectivity index (χ0) is 14.9. The van der Waals surface area contributed by atoms with Gasteiger partial charge in [-0.3, -0.25) is 0 Å². The summed E-state index contributed by atoms with van der Waals surface area (Å²) in [4.78, 5) is 1.90. The molecule has 2 nitrogen and oxygen atoms in total. The second kappa shape index (κ2) is 5.90. The number of halogens is 3. The van der Waals surface area contributed by atoms with Crippen LogP contribution in [-0.2, 0) is 0 Å². The van der Waals surface area contributed by atoms with Crippen LogP contribution in [-0.4, -0.2) is 7.05 Å². The third-order valence-corrected chi connectivity index (χ3v) is 3.92. The first-order valence-electron chi connectivity index (χ1n) is 6.13. The summed E-state index contributed by atoms with van der Waals surface area (Å²) < 4.78 is 13.6. The van der Waals surface area contributed by atoms with Crippen LogP contribution in [0.2, 0.25) is 10.0 Å². The highest BCUT2D eigenvalue weighted by Gasteiger charge is 2.16. The minimum atomic E-state index is -0.481. The minimum absolute atomic E-state index is 0.0233. The zero-order valence-corrected chi connectivity index (χ0v) is 12.7. The molecule has 1 unspecified atom stereocenters. The van der Waals surface area contributed by atoms with E-state index in [0.717, 1.165) is 5.56 Å². The minimum Gasteiger partial charge on any atom is -0.397 e. The van der Waals surface area contributed by atoms with Crippen molar-refractivity contribution < 1.29 is 4.39 Å². The van der Waals surface area contributed by atoms with Gasteiger partial charge in [-0.2, -0.15) is 0 Å². The molecule has 0 saturated carbocycles. The average Bonchev–Trinajstić information content (AvgIpc) is 2.42. The van der Waals surface area contributed by atoms with E-state index in [1.54, 1.807) is 0 Å². The monoisotopic (exact) mass is 312 g/mol. The molecule has 0 aromatic heterocycles. The topological polar surface area (TPSA) is 29.3 Å². The van der Waals surface area contributed by atoms with E-state index >= 15 is 0 Å². The van der Waals surface area contributed by atoms with Gasteiger partial charge in [-0.15, -0.1) is 0 Å². The Morgan fingerprint density at radius 2 is 1.75 bits per heavy atom. The average molecular weight is 313 g/mol. The highest BCUT2D eigenvalue weighted by Crippen LogP contribution is 2.33. The molecule has 0 fully saturated rings. The predicted octanol–water partition coefficient (Wildman–Crippen LogP) is 4.91. The van der Waals surface area contributed by atoms with E-state index in [1.165, 1.54) is 12.1 Å². The third-order valence-electron chi connectivity index (χ3n) is 3.38. The first-order valence-corrected chi connectivity index (χ1v) is 6.88. The van der Waals surface area contributed by atoms with Gasteiger partial charge in [-0.05, 0) is 30.7 Å². The van der Waals surface area contributed by atoms with Gasteiger partial charge in [-0.1, -0.05) is 35.3 Å². The highest BCUT2D eigenvalue weighted by molar-refractivity contribution is 6.31. The fourth-order valence-corrected chi connectivity index (χ4v) is 2.33. The molecule has 1 atom stereocenters. The van der Waals surface area contributed by atoms with E-state index in [1.807, 2.05) is 43.1 Å². The number of hydrogen-bond acceptors (Lipinski definition) is 2. The Kier molecular flexibility index (Phi) is 4.41. The zero-order valence-electron chi connectivity index (χ0n) is 11.2. The van der Waals surface area contributed by atoms with E-state index in [0.29, 0.717) is 16.4 Å². The van der Waals surface area contributed by atoms with Crippen molar-refractivity contribution in [3.05, 3.63) is 57.8 Å². The van der Waals surface area contributed by atoms with Crippen molar-refractivity contribution in [2.24, 2.45) is 0 Å². The summed E-state index contributed by atoms with van der Waals surface area (Å²) in [6.07, 6.45) is 0. The lowest BCUT2D eigenvalue weighted by Gasteiger charge is -2.28. The van der Waals surface area contributed by atoms with Crippen LogP contribution in [0.5, 0.6) is 0 Å². The van der Waals surface area contributed by atoms with E-state index in [-0.39, 0.29) is 11.1 Å². The van der Waals surface area contributed by atoms with E-state index < -0.39 is 5.82 Å². The molecule has 0 aliphatic heterocycles. The Balaban J connectivity index is 2.33. The Bertz CT molecular complexity index is 614. The van der Waals surface area contributed by atoms with Crippen LogP contribution in [0.4, 0.5) is 15.8 Å². The van der Waals surface area contributed by atoms with Gasteiger partial charge in [-0.25, -0.2) is 4.39 Å². The van der Waals surface area contributed by atoms with E-state index in [9.17, 15) is 4.39 Å². The number of anilines is 2. The summed E-state index contributed by atoms with van der Waals surface area (Å²) in [5.41, 5.74) is 8.03. The second-order valence-corrected chi connectivity index (χ2v) is 5.51. The molecule has 2 rings (SSSR count). The number of benzene rings is 2. The lowest BCUT2D eigenvalue weighted by Crippen LogP contribution is -2.22. The molecule has 0 saturated heterocycles. The molecular formula is C15H15Cl2FN2. The Hall–Kier alpha value is -1.45. The fraction of sp³-hybridized carbons (Fsp3) is 0.200. The normalized spacial score (nSPS) is 12.2. The molecule has 0 amide bonds. The van der Waals surface area contributed by atoms with Crippen LogP contribution in [0.1, 0.15) is 18.5 Å². The van der Waals surface area contributed by atoms with Crippen LogP contribution in [0.15, 0.2) is 36.4 Å². The van der Waals surface area contributed by atoms with Crippen LogP contribution in [0, 0.1) is 5.82 Å². The standard InChI is InChI=1S/C15H15Cl2FN2/c1-9(10-3-5-11(16)6-4-10)20(2)15-8-13(18)12(17)7-14(15)19/h3-9H,19H2,1-2H3. The summed E-state index contributed by atoms with van der Waals surface area (Å²) >= 11 is 11.6. The molecule has 0 heterocycles. The largest absolute Gasteiger partial charge is 0.397 e. The van der Waals surface area contributed by atoms with Crippen molar-refractivity contribution in [1.29, 1.82) is 0 Å². The van der Waals surface area contributed by atoms with Gasteiger partial charge in [0.25, 0.3) is 0 Å². The van der Waals surface area contributed by atoms with Crippen molar-refractivity contribution in [2.75, 3.05) is 17.7 Å². The van der Waals surface area contributed by atoms with Crippen LogP contribution in [0.25, 0.3) is 0 Å². The molecule has 0 aliphatic rings. The molecule has 106 valence electrons. The first kappa shape index (κ1) is 14.9. The number of rotatable bonds is 3. The molecule has 0 bridgehead atoms. The molecule has 0 spiro atoms. The Morgan fingerprint density at radius 1 is 1.15 bits per heavy atom. The lowest BCUT2D eigenvalue weighted by molar-refractivity contribution is 0.626. The number of nitrogens with two attached hydrogens (primary N) is 1. The van der Waals surface area contributed by atoms with Gasteiger partial charge in [0.05, 0.1) is 22.4 Å². The SMILES string of the molecule is CC(c1ccc(Cl)cc1)N(C)c1cc(F)c(Cl)cc1N. The summed E-state index contributed by atoms with van der Waals surface area (Å²) in [6, 6.07) is 10.3. The maximum absolute atomic E-state index is 13.6. The summed E-state index contributed by atoms with van der Waals surface area (Å²) in [5, 5.41) is 0.708. The van der Waals surface area contributed by atoms with Gasteiger partial charge in [0.2, 0.25) is 0 Å². The first-order chi connectivity index (χ1) is 9.40. The molecule has 0 radical (unpaired) electrons. The van der Waals surface area contributed by atoms with E-state index in [4.69, 9.17) is 28.9 Å². The van der Waals surface area contributed by atoms with Gasteiger partial charge in [0, 0.05) is 18.1 Å². The van der Waals surface area contributed by atoms with Crippen molar-refractivity contribution in [3.63, 3.8) is 0 Å². The highest BCUT2D eigenvalue weighted by atomic mass is 35.5. The molecule has 5 heteroatoms. The quantitative estimate of drug-likeness (QED) is 0.816. The Morgan fingerprint density at radius 3 is 2.35 bits per heavy atom. The van der Waals surface area contributed by atoms with Crippen LogP contribution in [0.3, 0.4) is 0 Å². The Labute approximate surface area is 127 Å². The molecule has 2 aromatic carbocycles. The summed E-state index contributed by atoms with van der Waals surface area (Å²) in [6.45, 7) is 2.01. The molecule has 0 aliphatic carbocycles. The smallest absolute Gasteiger partial charge is 0.144 e. The van der Waals surface area contributed by atoms with Crippen LogP contribution >= 0.6 is 23.2 Å². The van der Waals surface area contributed by atoms with E-state index in [2.05, 4.69) is 0 Å². The van der Waals surface area contributed by atoms with Gasteiger partial charge >= 0.3 is 0 Å². The number of nitrogens with zero attached hydrogens (tertiary/aromatic N) is 1. The van der Waals surface area contributed by atoms with Gasteiger partial charge in [0.15, 0.2) is 0 Å². The maximum atomic E-state index is 13.6. The van der Waals surface area contributed by atoms with Crippen molar-refractivity contribution in [2.45, 2.75) is 13.0 Å². The maximum Gasteiger partial charge on any atom is 0.144 e. The number of hydrogen-bond donors (Lipinski definition) is 1. The third kappa shape index (κ3) is 3.00. The molecule has 2 aromatic rings. The summed E-state index contributed by atoms with van der Waals surface area (Å²) in [5.74, 6) is -0.481. The molecule has 20 heavy (non-hydrogen) atoms. The van der Waals surface area contributed by atoms with Gasteiger partial charge in [0.1, 0.15) is 5.82 Å². The fourth-order valence-electron chi connectivity index (χ4n) is 2.03. The number of nitrogen functional groups attached to an aromatic ring is 1. The molecular weight excluding hydrogens is 298 g/mol. The second-order valence-electron chi connectivity index (χ2n) is 4.66. The predicted molar refractivity (Wildman–Crippen MR) is 84.1 cm³/mol.